The molecule has 0 aromatic heterocycles. The summed E-state index contributed by atoms with van der Waals surface area (Å²) in [7, 11) is -9.94. The summed E-state index contributed by atoms with van der Waals surface area (Å²) in [6, 6.07) is 0. The van der Waals surface area contributed by atoms with Gasteiger partial charge < -0.3 is 33.8 Å². The molecular weight excluding hydrogens is 1430 g/mol. The lowest BCUT2D eigenvalue weighted by Gasteiger charge is -2.21. The van der Waals surface area contributed by atoms with Crippen LogP contribution in [0.25, 0.3) is 0 Å². The van der Waals surface area contributed by atoms with E-state index in [1.54, 1.807) is 0 Å². The first-order chi connectivity index (χ1) is 53.2. The Bertz CT molecular complexity index is 2110. The van der Waals surface area contributed by atoms with Crippen LogP contribution in [0.3, 0.4) is 0 Å². The van der Waals surface area contributed by atoms with E-state index in [9.17, 15) is 43.2 Å². The van der Waals surface area contributed by atoms with Crippen molar-refractivity contribution >= 4 is 39.5 Å². The van der Waals surface area contributed by atoms with E-state index in [0.717, 1.165) is 108 Å². The Morgan fingerprint density at radius 2 is 0.418 bits per heavy atom. The van der Waals surface area contributed by atoms with Gasteiger partial charge in [0, 0.05) is 25.7 Å². The van der Waals surface area contributed by atoms with Gasteiger partial charge in [-0.25, -0.2) is 9.13 Å². The molecule has 0 aromatic rings. The highest BCUT2D eigenvalue weighted by molar-refractivity contribution is 7.47. The first-order valence-electron chi connectivity index (χ1n) is 46.8. The summed E-state index contributed by atoms with van der Waals surface area (Å²) in [6.45, 7) is 12.0. The molecule has 0 aliphatic rings. The van der Waals surface area contributed by atoms with Gasteiger partial charge in [-0.2, -0.15) is 0 Å². The molecule has 17 nitrogen and oxygen atoms in total. The van der Waals surface area contributed by atoms with Gasteiger partial charge in [-0.1, -0.05) is 434 Å². The molecule has 0 radical (unpaired) electrons. The van der Waals surface area contributed by atoms with Crippen LogP contribution >= 0.6 is 15.6 Å². The largest absolute Gasteiger partial charge is 0.472 e. The van der Waals surface area contributed by atoms with E-state index in [1.807, 2.05) is 0 Å². The van der Waals surface area contributed by atoms with Crippen molar-refractivity contribution in [1.29, 1.82) is 0 Å². The van der Waals surface area contributed by atoms with E-state index >= 15 is 0 Å². The maximum Gasteiger partial charge on any atom is 0.472 e. The van der Waals surface area contributed by atoms with E-state index in [2.05, 4.69) is 48.5 Å². The Balaban J connectivity index is 5.24. The van der Waals surface area contributed by atoms with Crippen LogP contribution in [0.1, 0.15) is 485 Å². The monoisotopic (exact) mass is 1610 g/mol. The third kappa shape index (κ3) is 84.0. The fourth-order valence-corrected chi connectivity index (χ4v) is 15.8. The highest BCUT2D eigenvalue weighted by Gasteiger charge is 2.31. The quantitative estimate of drug-likeness (QED) is 0.0222. The van der Waals surface area contributed by atoms with E-state index < -0.39 is 97.5 Å². The molecule has 0 heterocycles. The number of phosphoric ester groups is 2. The van der Waals surface area contributed by atoms with Crippen molar-refractivity contribution in [2.45, 2.75) is 503 Å². The van der Waals surface area contributed by atoms with Gasteiger partial charge in [0.1, 0.15) is 19.3 Å². The van der Waals surface area contributed by atoms with Crippen molar-refractivity contribution < 1.29 is 80.2 Å². The minimum absolute atomic E-state index is 0.108. The Hall–Kier alpha value is -1.94. The summed E-state index contributed by atoms with van der Waals surface area (Å²) in [5.74, 6) is 0.260. The van der Waals surface area contributed by atoms with Gasteiger partial charge in [0.2, 0.25) is 0 Å². The lowest BCUT2D eigenvalue weighted by atomic mass is 10.0. The van der Waals surface area contributed by atoms with Crippen LogP contribution in [-0.2, 0) is 65.4 Å². The van der Waals surface area contributed by atoms with Gasteiger partial charge in [0.05, 0.1) is 26.4 Å². The molecule has 0 aromatic carbocycles. The van der Waals surface area contributed by atoms with E-state index in [4.69, 9.17) is 37.0 Å². The molecule has 19 heteroatoms. The average molecular weight is 1610 g/mol. The third-order valence-electron chi connectivity index (χ3n) is 21.4. The maximum absolute atomic E-state index is 13.2. The summed E-state index contributed by atoms with van der Waals surface area (Å²) in [4.78, 5) is 73.4. The normalized spacial score (nSPS) is 13.8. The number of hydrogen-bond acceptors (Lipinski definition) is 15. The molecule has 0 saturated heterocycles. The highest BCUT2D eigenvalue weighted by Crippen LogP contribution is 2.45. The number of hydrogen-bond donors (Lipinski definition) is 3. The van der Waals surface area contributed by atoms with Gasteiger partial charge in [-0.05, 0) is 43.4 Å². The predicted molar refractivity (Wildman–Crippen MR) is 455 cm³/mol. The van der Waals surface area contributed by atoms with Crippen LogP contribution in [0.5, 0.6) is 0 Å². The number of carbonyl (C=O) groups is 4. The second-order valence-corrected chi connectivity index (χ2v) is 37.0. The first kappa shape index (κ1) is 108. The third-order valence-corrected chi connectivity index (χ3v) is 23.3. The smallest absolute Gasteiger partial charge is 0.462 e. The summed E-state index contributed by atoms with van der Waals surface area (Å²) >= 11 is 0. The number of phosphoric acid groups is 2. The van der Waals surface area contributed by atoms with Gasteiger partial charge in [-0.15, -0.1) is 0 Å². The molecule has 0 amide bonds. The average Bonchev–Trinajstić information content (AvgIpc) is 0.903. The highest BCUT2D eigenvalue weighted by atomic mass is 31.2. The Morgan fingerprint density at radius 1 is 0.245 bits per heavy atom. The fourth-order valence-electron chi connectivity index (χ4n) is 14.3. The number of ether oxygens (including phenoxy) is 4. The first-order valence-corrected chi connectivity index (χ1v) is 49.8. The molecule has 0 saturated carbocycles. The van der Waals surface area contributed by atoms with Crippen molar-refractivity contribution in [2.75, 3.05) is 39.6 Å². The summed E-state index contributed by atoms with van der Waals surface area (Å²) in [5.41, 5.74) is 0. The summed E-state index contributed by atoms with van der Waals surface area (Å²) in [6.07, 6.45) is 73.7. The van der Waals surface area contributed by atoms with Crippen molar-refractivity contribution in [3.05, 3.63) is 0 Å². The second-order valence-electron chi connectivity index (χ2n) is 34.1. The molecule has 110 heavy (non-hydrogen) atoms. The van der Waals surface area contributed by atoms with Crippen LogP contribution < -0.4 is 0 Å². The van der Waals surface area contributed by atoms with E-state index in [1.165, 1.54) is 295 Å². The Kier molecular flexibility index (Phi) is 79.4. The molecule has 3 N–H and O–H groups in total. The molecule has 0 rings (SSSR count). The summed E-state index contributed by atoms with van der Waals surface area (Å²) < 4.78 is 69.1. The number of aliphatic hydroxyl groups is 1. The summed E-state index contributed by atoms with van der Waals surface area (Å²) in [5, 5.41) is 10.7. The minimum atomic E-state index is -4.97. The molecule has 5 atom stereocenters. The van der Waals surface area contributed by atoms with Crippen molar-refractivity contribution in [3.8, 4) is 0 Å². The second kappa shape index (κ2) is 80.8. The van der Waals surface area contributed by atoms with Crippen LogP contribution in [0, 0.1) is 17.8 Å². The van der Waals surface area contributed by atoms with Crippen LogP contribution in [0.15, 0.2) is 0 Å². The number of esters is 4. The molecule has 0 fully saturated rings. The molecule has 0 aliphatic heterocycles. The van der Waals surface area contributed by atoms with Gasteiger partial charge in [0.15, 0.2) is 12.2 Å². The molecule has 2 unspecified atom stereocenters. The number of carbonyl (C=O) groups excluding carboxylic acids is 4. The number of aliphatic hydroxyl groups excluding tert-OH is 1. The zero-order valence-electron chi connectivity index (χ0n) is 72.7. The van der Waals surface area contributed by atoms with Gasteiger partial charge in [0.25, 0.3) is 0 Å². The lowest BCUT2D eigenvalue weighted by molar-refractivity contribution is -0.161. The SMILES string of the molecule is CCCCCCCCCCCCCCCCCCCCCC(=O)O[C@H](COC(=O)CCCCCCCCCCC(C)C)COP(=O)(O)OC[C@H](O)COP(=O)(O)OC[C@@H](COC(=O)CCCCCCCCCCCCCCCCCCC(C)C)OC(=O)CCCCCCCCCCCCCCCCCCCCC(C)C. The number of rotatable bonds is 89. The fraction of sp³-hybridized carbons (Fsp3) is 0.956. The predicted octanol–water partition coefficient (Wildman–Crippen LogP) is 28.0. The van der Waals surface area contributed by atoms with Gasteiger partial charge >= 0.3 is 39.5 Å². The van der Waals surface area contributed by atoms with E-state index in [0.29, 0.717) is 25.7 Å². The van der Waals surface area contributed by atoms with Crippen LogP contribution in [-0.4, -0.2) is 96.7 Å². The molecule has 0 spiro atoms. The lowest BCUT2D eigenvalue weighted by Crippen LogP contribution is -2.30. The van der Waals surface area contributed by atoms with E-state index in [-0.39, 0.29) is 25.7 Å². The molecule has 0 bridgehead atoms. The van der Waals surface area contributed by atoms with Crippen molar-refractivity contribution in [1.82, 2.24) is 0 Å². The topological polar surface area (TPSA) is 237 Å². The Labute approximate surface area is 677 Å². The minimum Gasteiger partial charge on any atom is -0.462 e. The molecule has 654 valence electrons. The van der Waals surface area contributed by atoms with Gasteiger partial charge in [-0.3, -0.25) is 37.3 Å². The number of unbranched alkanes of at least 4 members (excludes halogenated alkanes) is 57. The van der Waals surface area contributed by atoms with Crippen molar-refractivity contribution in [2.24, 2.45) is 17.8 Å². The van der Waals surface area contributed by atoms with Crippen molar-refractivity contribution in [3.63, 3.8) is 0 Å². The van der Waals surface area contributed by atoms with Crippen LogP contribution in [0.2, 0.25) is 0 Å². The Morgan fingerprint density at radius 3 is 0.618 bits per heavy atom. The molecule has 0 aliphatic carbocycles. The molecular formula is C91H178O17P2. The van der Waals surface area contributed by atoms with Crippen LogP contribution in [0.4, 0.5) is 0 Å². The standard InChI is InChI=1S/C91H178O17P2/c1-8-9-10-11-12-13-14-15-16-17-18-22-29-34-39-44-53-60-68-75-91(96)108-87(79-102-89(94)73-66-59-52-47-46-50-57-64-71-84(6)7)81-106-110(99,100)104-77-85(92)76-103-109(97,98)105-80-86(78-101-88(93)72-65-58-51-43-38-33-28-25-24-27-32-37-42-49-56-63-70-83(4)5)107-90(95)74-67-61-54-45-40-35-30-23-20-19-21-26-31-36-41-48-55-62-69-82(2)3/h82-87,92H,8-81H2,1-7H3,(H,97,98)(H,99,100)/t85-,86-,87-/m1/s1. The maximum atomic E-state index is 13.2. The zero-order valence-corrected chi connectivity index (χ0v) is 74.5. The zero-order chi connectivity index (χ0) is 80.8.